The number of unbranched alkanes of at least 4 members (excludes halogenated alkanes) is 1. The zero-order chi connectivity index (χ0) is 34.9. The number of aryl methyl sites for hydroxylation is 1. The second-order valence-corrected chi connectivity index (χ2v) is 13.9. The molecule has 1 aromatic heterocycles. The maximum Gasteiger partial charge on any atom is 0.0994 e. The lowest BCUT2D eigenvalue weighted by molar-refractivity contribution is 0.331. The van der Waals surface area contributed by atoms with E-state index in [2.05, 4.69) is 93.0 Å². The highest BCUT2D eigenvalue weighted by Crippen LogP contribution is 2.38. The highest BCUT2D eigenvalue weighted by molar-refractivity contribution is 6.36. The Labute approximate surface area is 298 Å². The zero-order valence-electron chi connectivity index (χ0n) is 29.6. The number of allylic oxidation sites excluding steroid dienone is 1. The fraction of sp³-hybridized carbons (Fsp3) is 0.349. The van der Waals surface area contributed by atoms with Crippen molar-refractivity contribution in [1.29, 1.82) is 5.26 Å². The molecule has 0 saturated carbocycles. The lowest BCUT2D eigenvalue weighted by Crippen LogP contribution is -2.18. The number of nitriles is 1. The van der Waals surface area contributed by atoms with E-state index in [1.807, 2.05) is 24.4 Å². The van der Waals surface area contributed by atoms with Crippen LogP contribution in [0.15, 0.2) is 73.6 Å². The van der Waals surface area contributed by atoms with Crippen molar-refractivity contribution >= 4 is 28.9 Å². The Hall–Kier alpha value is -4.37. The van der Waals surface area contributed by atoms with Crippen LogP contribution >= 0.6 is 11.6 Å². The number of likely N-dealkylation sites (tertiary alicyclic amines) is 1. The quantitative estimate of drug-likeness (QED) is 0.139. The summed E-state index contributed by atoms with van der Waals surface area (Å²) in [5.74, 6) is 0.447. The third kappa shape index (κ3) is 8.63. The van der Waals surface area contributed by atoms with Gasteiger partial charge in [0, 0.05) is 18.3 Å². The van der Waals surface area contributed by atoms with E-state index in [1.54, 1.807) is 6.20 Å². The minimum atomic E-state index is 0.447. The van der Waals surface area contributed by atoms with Gasteiger partial charge in [-0.1, -0.05) is 81.3 Å². The molecule has 5 rings (SSSR count). The van der Waals surface area contributed by atoms with E-state index in [4.69, 9.17) is 22.3 Å². The minimum Gasteiger partial charge on any atom is -0.405 e. The standard InChI is InChI=1S/C43H50ClN5/c1-6-7-12-29(2)36-24-34(17-18-45)42(47-26-36)27-48-41-16-11-15-39(43(41)44)38-14-10-13-37(32(38)5)31(4)22-40-30(3)21-33(23-35(40)25-46)28-49-19-8-9-20-49/h10-11,13-18,21,23-24,26,29,48H,4,6-9,12,19-20,22,27-28,45H2,1-3,5H3/b18-17-. The van der Waals surface area contributed by atoms with Crippen molar-refractivity contribution in [1.82, 2.24) is 9.88 Å². The first-order chi connectivity index (χ1) is 23.7. The SMILES string of the molecule is C=C(Cc1c(C)cc(CN2CCCC2)cc1C#N)c1cccc(-c2cccc(NCc3ncc(C(C)CCCC)cc3/C=C\N)c2Cl)c1C. The predicted octanol–water partition coefficient (Wildman–Crippen LogP) is 10.6. The van der Waals surface area contributed by atoms with Crippen molar-refractivity contribution in [2.75, 3.05) is 18.4 Å². The van der Waals surface area contributed by atoms with E-state index in [9.17, 15) is 5.26 Å². The molecule has 2 heterocycles. The largest absolute Gasteiger partial charge is 0.405 e. The summed E-state index contributed by atoms with van der Waals surface area (Å²) in [6.07, 6.45) is 12.1. The van der Waals surface area contributed by atoms with Gasteiger partial charge in [-0.3, -0.25) is 9.88 Å². The topological polar surface area (TPSA) is 78.0 Å². The molecule has 1 unspecified atom stereocenters. The first-order valence-corrected chi connectivity index (χ1v) is 18.0. The van der Waals surface area contributed by atoms with Gasteiger partial charge in [0.1, 0.15) is 0 Å². The number of nitrogens with zero attached hydrogens (tertiary/aromatic N) is 3. The lowest BCUT2D eigenvalue weighted by atomic mass is 9.88. The first kappa shape index (κ1) is 35.9. The molecule has 1 aliphatic heterocycles. The molecule has 0 radical (unpaired) electrons. The summed E-state index contributed by atoms with van der Waals surface area (Å²) in [5, 5.41) is 14.3. The summed E-state index contributed by atoms with van der Waals surface area (Å²) < 4.78 is 0. The number of halogens is 1. The molecule has 49 heavy (non-hydrogen) atoms. The third-order valence-corrected chi connectivity index (χ3v) is 10.4. The summed E-state index contributed by atoms with van der Waals surface area (Å²) in [7, 11) is 0. The van der Waals surface area contributed by atoms with Crippen LogP contribution < -0.4 is 11.1 Å². The molecule has 0 aliphatic carbocycles. The van der Waals surface area contributed by atoms with Crippen LogP contribution in [-0.2, 0) is 19.5 Å². The van der Waals surface area contributed by atoms with Gasteiger partial charge in [-0.05, 0) is 139 Å². The highest BCUT2D eigenvalue weighted by atomic mass is 35.5. The molecular formula is C43H50ClN5. The Morgan fingerprint density at radius 2 is 1.88 bits per heavy atom. The average Bonchev–Trinajstić information content (AvgIpc) is 3.61. The van der Waals surface area contributed by atoms with Crippen molar-refractivity contribution in [3.63, 3.8) is 0 Å². The van der Waals surface area contributed by atoms with Gasteiger partial charge in [-0.15, -0.1) is 0 Å². The Bertz CT molecular complexity index is 1860. The van der Waals surface area contributed by atoms with E-state index in [-0.39, 0.29) is 0 Å². The van der Waals surface area contributed by atoms with E-state index < -0.39 is 0 Å². The number of benzene rings is 3. The van der Waals surface area contributed by atoms with Gasteiger partial charge in [0.2, 0.25) is 0 Å². The molecule has 3 aromatic carbocycles. The highest BCUT2D eigenvalue weighted by Gasteiger charge is 2.18. The van der Waals surface area contributed by atoms with Crippen LogP contribution in [0.4, 0.5) is 5.69 Å². The number of nitrogens with two attached hydrogens (primary N) is 1. The molecule has 1 atom stereocenters. The maximum atomic E-state index is 10.1. The summed E-state index contributed by atoms with van der Waals surface area (Å²) in [4.78, 5) is 7.30. The van der Waals surface area contributed by atoms with Gasteiger partial charge in [0.15, 0.2) is 0 Å². The minimum absolute atomic E-state index is 0.447. The predicted molar refractivity (Wildman–Crippen MR) is 207 cm³/mol. The fourth-order valence-electron chi connectivity index (χ4n) is 7.06. The van der Waals surface area contributed by atoms with Crippen LogP contribution in [0.3, 0.4) is 0 Å². The number of aromatic nitrogens is 1. The van der Waals surface area contributed by atoms with Crippen LogP contribution in [0.2, 0.25) is 5.02 Å². The Morgan fingerprint density at radius 1 is 1.12 bits per heavy atom. The van der Waals surface area contributed by atoms with E-state index in [1.165, 1.54) is 36.8 Å². The molecule has 1 aliphatic rings. The Morgan fingerprint density at radius 3 is 2.61 bits per heavy atom. The Balaban J connectivity index is 1.35. The molecule has 0 amide bonds. The first-order valence-electron chi connectivity index (χ1n) is 17.7. The van der Waals surface area contributed by atoms with Gasteiger partial charge in [0.25, 0.3) is 0 Å². The summed E-state index contributed by atoms with van der Waals surface area (Å²) in [6.45, 7) is 16.9. The van der Waals surface area contributed by atoms with Crippen molar-refractivity contribution < 1.29 is 0 Å². The fourth-order valence-corrected chi connectivity index (χ4v) is 7.35. The number of nitrogens with one attached hydrogen (secondary N) is 1. The van der Waals surface area contributed by atoms with Gasteiger partial charge in [0.05, 0.1) is 34.6 Å². The van der Waals surface area contributed by atoms with Crippen molar-refractivity contribution in [3.05, 3.63) is 129 Å². The zero-order valence-corrected chi connectivity index (χ0v) is 30.3. The summed E-state index contributed by atoms with van der Waals surface area (Å²) >= 11 is 7.12. The van der Waals surface area contributed by atoms with E-state index >= 15 is 0 Å². The van der Waals surface area contributed by atoms with Gasteiger partial charge < -0.3 is 11.1 Å². The smallest absolute Gasteiger partial charge is 0.0994 e. The molecule has 0 spiro atoms. The van der Waals surface area contributed by atoms with Crippen molar-refractivity contribution in [2.45, 2.75) is 85.2 Å². The van der Waals surface area contributed by atoms with Crippen molar-refractivity contribution in [2.24, 2.45) is 5.73 Å². The van der Waals surface area contributed by atoms with Gasteiger partial charge in [-0.2, -0.15) is 5.26 Å². The molecule has 3 N–H and O–H groups in total. The average molecular weight is 672 g/mol. The molecule has 0 bridgehead atoms. The molecule has 254 valence electrons. The second kappa shape index (κ2) is 16.8. The molecular weight excluding hydrogens is 622 g/mol. The number of hydrogen-bond donors (Lipinski definition) is 2. The molecule has 1 fully saturated rings. The van der Waals surface area contributed by atoms with E-state index in [0.29, 0.717) is 23.9 Å². The van der Waals surface area contributed by atoms with Crippen LogP contribution in [0.1, 0.15) is 102 Å². The number of rotatable bonds is 14. The Kier molecular flexibility index (Phi) is 12.3. The number of anilines is 1. The van der Waals surface area contributed by atoms with Crippen LogP contribution in [0.25, 0.3) is 22.8 Å². The second-order valence-electron chi connectivity index (χ2n) is 13.5. The van der Waals surface area contributed by atoms with Crippen molar-refractivity contribution in [3.8, 4) is 17.2 Å². The third-order valence-electron chi connectivity index (χ3n) is 9.96. The summed E-state index contributed by atoms with van der Waals surface area (Å²) in [5.41, 5.74) is 19.2. The van der Waals surface area contributed by atoms with Crippen LogP contribution in [0.5, 0.6) is 0 Å². The monoisotopic (exact) mass is 671 g/mol. The summed E-state index contributed by atoms with van der Waals surface area (Å²) in [6, 6.07) is 21.4. The van der Waals surface area contributed by atoms with E-state index in [0.717, 1.165) is 87.5 Å². The molecule has 1 saturated heterocycles. The molecule has 4 aromatic rings. The molecule has 6 heteroatoms. The van der Waals surface area contributed by atoms with Crippen LogP contribution in [0, 0.1) is 25.2 Å². The molecule has 5 nitrogen and oxygen atoms in total. The lowest BCUT2D eigenvalue weighted by Gasteiger charge is -2.19. The van der Waals surface area contributed by atoms with Gasteiger partial charge in [-0.25, -0.2) is 0 Å². The maximum absolute atomic E-state index is 10.1. The number of hydrogen-bond acceptors (Lipinski definition) is 5. The van der Waals surface area contributed by atoms with Gasteiger partial charge >= 0.3 is 0 Å². The normalized spacial score (nSPS) is 13.9. The van der Waals surface area contributed by atoms with Crippen LogP contribution in [-0.4, -0.2) is 23.0 Å². The number of pyridine rings is 1.